The predicted molar refractivity (Wildman–Crippen MR) is 381 cm³/mol. The summed E-state index contributed by atoms with van der Waals surface area (Å²) in [4.78, 5) is 72.6. The molecule has 0 saturated carbocycles. The van der Waals surface area contributed by atoms with E-state index in [-0.39, 0.29) is 25.7 Å². The van der Waals surface area contributed by atoms with Gasteiger partial charge in [-0.3, -0.25) is 37.3 Å². The number of hydrogen-bond donors (Lipinski definition) is 3. The molecule has 0 fully saturated rings. The van der Waals surface area contributed by atoms with E-state index in [1.54, 1.807) is 0 Å². The summed E-state index contributed by atoms with van der Waals surface area (Å²) in [5.41, 5.74) is 0. The van der Waals surface area contributed by atoms with Gasteiger partial charge in [0.15, 0.2) is 12.2 Å². The number of aliphatic hydroxyl groups is 1. The molecule has 0 saturated heterocycles. The van der Waals surface area contributed by atoms with E-state index in [1.165, 1.54) is 205 Å². The number of phosphoric acid groups is 2. The molecule has 0 heterocycles. The van der Waals surface area contributed by atoms with Crippen molar-refractivity contribution in [2.24, 2.45) is 11.8 Å². The molecule has 0 aromatic heterocycles. The molecule has 0 radical (unpaired) electrons. The van der Waals surface area contributed by atoms with Gasteiger partial charge in [0, 0.05) is 25.7 Å². The first-order valence-corrected chi connectivity index (χ1v) is 42.0. The lowest BCUT2D eigenvalue weighted by molar-refractivity contribution is -0.161. The zero-order valence-corrected chi connectivity index (χ0v) is 63.1. The van der Waals surface area contributed by atoms with Gasteiger partial charge in [0.25, 0.3) is 0 Å². The van der Waals surface area contributed by atoms with Crippen LogP contribution in [0.4, 0.5) is 0 Å². The van der Waals surface area contributed by atoms with Crippen molar-refractivity contribution >= 4 is 39.5 Å². The Morgan fingerprint density at radius 1 is 0.309 bits per heavy atom. The highest BCUT2D eigenvalue weighted by Crippen LogP contribution is 2.45. The van der Waals surface area contributed by atoms with E-state index in [1.807, 2.05) is 0 Å². The average molecular weight is 1380 g/mol. The molecular weight excluding hydrogens is 1230 g/mol. The van der Waals surface area contributed by atoms with E-state index < -0.39 is 97.5 Å². The number of carbonyl (C=O) groups is 4. The number of unbranched alkanes of at least 4 members (excludes halogenated alkanes) is 43. The van der Waals surface area contributed by atoms with Crippen molar-refractivity contribution in [3.63, 3.8) is 0 Å². The number of rotatable bonds is 74. The van der Waals surface area contributed by atoms with Gasteiger partial charge in [0.2, 0.25) is 0 Å². The Hall–Kier alpha value is -1.94. The lowest BCUT2D eigenvalue weighted by atomic mass is 9.99. The fraction of sp³-hybridized carbons (Fsp3) is 0.947. The molecule has 0 spiro atoms. The minimum Gasteiger partial charge on any atom is -0.462 e. The summed E-state index contributed by atoms with van der Waals surface area (Å²) in [6.07, 6.45) is 54.4. The second kappa shape index (κ2) is 66.9. The van der Waals surface area contributed by atoms with Crippen LogP contribution >= 0.6 is 15.6 Å². The Labute approximate surface area is 575 Å². The molecule has 0 aromatic carbocycles. The molecule has 19 heteroatoms. The number of aliphatic hydroxyl groups excluding tert-OH is 1. The van der Waals surface area contributed by atoms with Crippen LogP contribution in [0.5, 0.6) is 0 Å². The first-order valence-electron chi connectivity index (χ1n) is 39.0. The van der Waals surface area contributed by atoms with E-state index in [0.29, 0.717) is 31.6 Å². The number of esters is 4. The van der Waals surface area contributed by atoms with E-state index >= 15 is 0 Å². The van der Waals surface area contributed by atoms with Gasteiger partial charge in [-0.05, 0) is 37.5 Å². The summed E-state index contributed by atoms with van der Waals surface area (Å²) in [5.74, 6) is -0.582. The van der Waals surface area contributed by atoms with Crippen LogP contribution in [0.2, 0.25) is 0 Å². The fourth-order valence-electron chi connectivity index (χ4n) is 11.4. The zero-order valence-electron chi connectivity index (χ0n) is 61.3. The van der Waals surface area contributed by atoms with Crippen LogP contribution in [0, 0.1) is 11.8 Å². The minimum absolute atomic E-state index is 0.102. The maximum absolute atomic E-state index is 13.1. The Balaban J connectivity index is 5.16. The topological polar surface area (TPSA) is 237 Å². The average Bonchev–Trinajstić information content (AvgIpc) is 1.61. The van der Waals surface area contributed by atoms with Crippen LogP contribution in [0.1, 0.15) is 388 Å². The molecule has 94 heavy (non-hydrogen) atoms. The van der Waals surface area contributed by atoms with E-state index in [9.17, 15) is 43.2 Å². The van der Waals surface area contributed by atoms with E-state index in [4.69, 9.17) is 37.0 Å². The van der Waals surface area contributed by atoms with Crippen molar-refractivity contribution in [2.75, 3.05) is 39.6 Å². The second-order valence-electron chi connectivity index (χ2n) is 27.8. The predicted octanol–water partition coefficient (Wildman–Crippen LogP) is 21.9. The van der Waals surface area contributed by atoms with Crippen LogP contribution in [-0.4, -0.2) is 96.7 Å². The molecule has 17 nitrogen and oxygen atoms in total. The van der Waals surface area contributed by atoms with Gasteiger partial charge in [0.1, 0.15) is 19.3 Å². The Bertz CT molecular complexity index is 1820. The zero-order chi connectivity index (χ0) is 69.3. The van der Waals surface area contributed by atoms with E-state index in [2.05, 4.69) is 41.5 Å². The summed E-state index contributed by atoms with van der Waals surface area (Å²) in [6.45, 7) is 9.54. The summed E-state index contributed by atoms with van der Waals surface area (Å²) in [7, 11) is -9.90. The van der Waals surface area contributed by atoms with Gasteiger partial charge in [-0.2, -0.15) is 0 Å². The van der Waals surface area contributed by atoms with Crippen molar-refractivity contribution < 1.29 is 80.2 Å². The molecule has 0 aromatic rings. The molecule has 0 aliphatic heterocycles. The molecule has 3 unspecified atom stereocenters. The highest BCUT2D eigenvalue weighted by atomic mass is 31.2. The third-order valence-corrected chi connectivity index (χ3v) is 19.7. The minimum atomic E-state index is -4.96. The quantitative estimate of drug-likeness (QED) is 0.0222. The molecule has 0 aliphatic carbocycles. The molecule has 3 N–H and O–H groups in total. The van der Waals surface area contributed by atoms with Crippen molar-refractivity contribution in [1.29, 1.82) is 0 Å². The van der Waals surface area contributed by atoms with Gasteiger partial charge in [0.05, 0.1) is 26.4 Å². The standard InChI is InChI=1S/C75H146O17P2/c1-7-10-12-14-16-18-19-20-28-31-35-39-46-52-58-73(78)86-63-70(91-74(79)59-53-47-40-36-32-29-26-24-22-21-23-25-27-30-34-37-44-50-56-68(6)9-3)65-89-93(81,82)87-61-69(76)62-88-94(83,84)90-66-71(92-75(80)60-54-48-42-41-43-49-55-67(4)5)64-85-72(77)57-51-45-38-33-17-15-13-11-8-2/h67-71,76H,7-66H2,1-6H3,(H,81,82)(H,83,84)/t68?,69-,70-,71-/m1/s1. The Morgan fingerprint density at radius 3 is 0.809 bits per heavy atom. The Kier molecular flexibility index (Phi) is 65.5. The summed E-state index contributed by atoms with van der Waals surface area (Å²) < 4.78 is 68.3. The number of hydrogen-bond acceptors (Lipinski definition) is 15. The third-order valence-electron chi connectivity index (χ3n) is 17.8. The van der Waals surface area contributed by atoms with Crippen LogP contribution in [0.25, 0.3) is 0 Å². The molecule has 0 bridgehead atoms. The summed E-state index contributed by atoms with van der Waals surface area (Å²) >= 11 is 0. The highest BCUT2D eigenvalue weighted by Gasteiger charge is 2.30. The van der Waals surface area contributed by atoms with Crippen LogP contribution in [-0.2, 0) is 65.4 Å². The lowest BCUT2D eigenvalue weighted by Crippen LogP contribution is -2.30. The highest BCUT2D eigenvalue weighted by molar-refractivity contribution is 7.47. The third kappa shape index (κ3) is 67.3. The van der Waals surface area contributed by atoms with Crippen LogP contribution in [0.15, 0.2) is 0 Å². The van der Waals surface area contributed by atoms with Gasteiger partial charge in [-0.25, -0.2) is 9.13 Å². The maximum Gasteiger partial charge on any atom is 0.472 e. The van der Waals surface area contributed by atoms with Crippen LogP contribution < -0.4 is 0 Å². The first-order chi connectivity index (χ1) is 45.4. The maximum atomic E-state index is 13.1. The second-order valence-corrected chi connectivity index (χ2v) is 30.7. The smallest absolute Gasteiger partial charge is 0.462 e. The van der Waals surface area contributed by atoms with Gasteiger partial charge < -0.3 is 33.8 Å². The summed E-state index contributed by atoms with van der Waals surface area (Å²) in [6, 6.07) is 0. The molecule has 0 rings (SSSR count). The van der Waals surface area contributed by atoms with E-state index in [0.717, 1.165) is 95.8 Å². The molecule has 0 aliphatic rings. The lowest BCUT2D eigenvalue weighted by Gasteiger charge is -2.21. The number of phosphoric ester groups is 2. The van der Waals surface area contributed by atoms with Crippen molar-refractivity contribution in [3.05, 3.63) is 0 Å². The fourth-order valence-corrected chi connectivity index (χ4v) is 13.0. The molecule has 0 amide bonds. The van der Waals surface area contributed by atoms with Gasteiger partial charge in [-0.15, -0.1) is 0 Å². The normalized spacial score (nSPS) is 14.3. The Morgan fingerprint density at radius 2 is 0.543 bits per heavy atom. The summed E-state index contributed by atoms with van der Waals surface area (Å²) in [5, 5.41) is 10.6. The monoisotopic (exact) mass is 1380 g/mol. The number of carbonyl (C=O) groups excluding carboxylic acids is 4. The first kappa shape index (κ1) is 92.1. The number of ether oxygens (including phenoxy) is 4. The van der Waals surface area contributed by atoms with Gasteiger partial charge >= 0.3 is 39.5 Å². The molecule has 6 atom stereocenters. The SMILES string of the molecule is CCCCCCCCCCCCCCCCC(=O)OC[C@H](COP(=O)(O)OC[C@@H](O)COP(=O)(O)OC[C@@H](COC(=O)CCCCCCCCCCC)OC(=O)CCCCCCCCC(C)C)OC(=O)CCCCCCCCCCCCCCCCCCCCC(C)CC. The van der Waals surface area contributed by atoms with Crippen LogP contribution in [0.3, 0.4) is 0 Å². The van der Waals surface area contributed by atoms with Crippen molar-refractivity contribution in [3.8, 4) is 0 Å². The van der Waals surface area contributed by atoms with Crippen molar-refractivity contribution in [1.82, 2.24) is 0 Å². The van der Waals surface area contributed by atoms with Crippen molar-refractivity contribution in [2.45, 2.75) is 407 Å². The largest absolute Gasteiger partial charge is 0.472 e. The molecular formula is C75H146O17P2. The van der Waals surface area contributed by atoms with Gasteiger partial charge in [-0.1, -0.05) is 337 Å². The molecule has 558 valence electrons.